The normalized spacial score (nSPS) is 16.6. The number of hydrogen-bond donors (Lipinski definition) is 2. The number of aryl methyl sites for hydroxylation is 1. The Morgan fingerprint density at radius 2 is 1.90 bits per heavy atom. The van der Waals surface area contributed by atoms with Gasteiger partial charge in [0.25, 0.3) is 0 Å². The predicted octanol–water partition coefficient (Wildman–Crippen LogP) is 3.35. The number of aromatic nitrogens is 2. The molecule has 1 fully saturated rings. The number of nitriles is 1. The molecule has 1 aromatic carbocycles. The van der Waals surface area contributed by atoms with E-state index in [4.69, 9.17) is 0 Å². The maximum Gasteiger partial charge on any atom is 0.349 e. The maximum absolute atomic E-state index is 13.2. The number of amides is 1. The van der Waals surface area contributed by atoms with Gasteiger partial charge in [-0.3, -0.25) is 9.36 Å². The first kappa shape index (κ1) is 21.8. The topological polar surface area (TPSA) is 99.8 Å². The van der Waals surface area contributed by atoms with E-state index in [0.29, 0.717) is 25.1 Å². The highest BCUT2D eigenvalue weighted by atomic mass is 16.2. The minimum absolute atomic E-state index is 0.0535. The van der Waals surface area contributed by atoms with Crippen LogP contribution in [0.15, 0.2) is 29.1 Å². The van der Waals surface area contributed by atoms with Crippen molar-refractivity contribution in [2.24, 2.45) is 17.9 Å². The van der Waals surface area contributed by atoms with Crippen molar-refractivity contribution in [2.75, 3.05) is 5.32 Å². The molecule has 1 aliphatic rings. The summed E-state index contributed by atoms with van der Waals surface area (Å²) in [7, 11) is 1.68. The summed E-state index contributed by atoms with van der Waals surface area (Å²) >= 11 is 0. The first-order chi connectivity index (χ1) is 13.9. The zero-order valence-electron chi connectivity index (χ0n) is 18.7. The van der Waals surface area contributed by atoms with E-state index in [-0.39, 0.29) is 22.4 Å². The molecule has 30 heavy (non-hydrogen) atoms. The quantitative estimate of drug-likeness (QED) is 0.762. The summed E-state index contributed by atoms with van der Waals surface area (Å²) in [6, 6.07) is 9.06. The molecule has 0 bridgehead atoms. The second-order valence-electron chi connectivity index (χ2n) is 10.0. The second-order valence-corrected chi connectivity index (χ2v) is 10.0. The van der Waals surface area contributed by atoms with Crippen molar-refractivity contribution in [2.45, 2.75) is 65.5 Å². The Morgan fingerprint density at radius 3 is 2.47 bits per heavy atom. The summed E-state index contributed by atoms with van der Waals surface area (Å²) in [5.41, 5.74) is -0.653. The number of carbonyl (C=O) groups is 1. The number of nitrogens with zero attached hydrogens (tertiary/aromatic N) is 3. The number of rotatable bonds is 6. The smallest absolute Gasteiger partial charge is 0.349 e. The Bertz CT molecular complexity index is 1070. The van der Waals surface area contributed by atoms with Gasteiger partial charge >= 0.3 is 5.69 Å². The monoisotopic (exact) mass is 409 g/mol. The summed E-state index contributed by atoms with van der Waals surface area (Å²) in [6.45, 7) is 10.7. The molecule has 1 aliphatic carbocycles. The lowest BCUT2D eigenvalue weighted by atomic mass is 9.66. The van der Waals surface area contributed by atoms with Gasteiger partial charge in [0.2, 0.25) is 5.91 Å². The number of hydrogen-bond acceptors (Lipinski definition) is 5. The van der Waals surface area contributed by atoms with E-state index in [1.54, 1.807) is 7.05 Å². The number of anilines is 1. The molecule has 1 saturated carbocycles. The van der Waals surface area contributed by atoms with Crippen molar-refractivity contribution in [1.29, 1.82) is 5.26 Å². The van der Waals surface area contributed by atoms with Crippen LogP contribution in [0.4, 0.5) is 5.82 Å². The Morgan fingerprint density at radius 1 is 1.27 bits per heavy atom. The van der Waals surface area contributed by atoms with Crippen molar-refractivity contribution in [3.63, 3.8) is 0 Å². The van der Waals surface area contributed by atoms with Crippen LogP contribution in [-0.2, 0) is 11.8 Å². The zero-order valence-corrected chi connectivity index (χ0v) is 18.7. The Hall–Kier alpha value is -2.88. The average Bonchev–Trinajstić information content (AvgIpc) is 3.44. The first-order valence-electron chi connectivity index (χ1n) is 10.3. The molecule has 1 unspecified atom stereocenters. The van der Waals surface area contributed by atoms with Crippen LogP contribution in [0, 0.1) is 22.2 Å². The number of nitrogens with one attached hydrogen (secondary N) is 2. The Kier molecular flexibility index (Phi) is 5.40. The Labute approximate surface area is 177 Å². The number of benzene rings is 1. The van der Waals surface area contributed by atoms with E-state index >= 15 is 0 Å². The van der Waals surface area contributed by atoms with Gasteiger partial charge in [0.05, 0.1) is 11.6 Å². The molecule has 0 radical (unpaired) electrons. The predicted molar refractivity (Wildman–Crippen MR) is 118 cm³/mol. The molecule has 1 heterocycles. The summed E-state index contributed by atoms with van der Waals surface area (Å²) in [6.07, 6.45) is 1.85. The van der Waals surface area contributed by atoms with E-state index < -0.39 is 11.6 Å². The Balaban J connectivity index is 2.00. The molecule has 0 aliphatic heterocycles. The second kappa shape index (κ2) is 7.42. The molecule has 7 heteroatoms. The molecule has 0 spiro atoms. The fraction of sp³-hybridized carbons (Fsp3) is 0.565. The average molecular weight is 410 g/mol. The van der Waals surface area contributed by atoms with Gasteiger partial charge < -0.3 is 10.6 Å². The summed E-state index contributed by atoms with van der Waals surface area (Å²) in [4.78, 5) is 29.8. The molecule has 1 aromatic heterocycles. The summed E-state index contributed by atoms with van der Waals surface area (Å²) < 4.78 is 1.49. The van der Waals surface area contributed by atoms with Gasteiger partial charge in [-0.15, -0.1) is 0 Å². The summed E-state index contributed by atoms with van der Waals surface area (Å²) in [5.74, 6) is 0.151. The summed E-state index contributed by atoms with van der Waals surface area (Å²) in [5, 5.41) is 16.3. The van der Waals surface area contributed by atoms with E-state index in [2.05, 4.69) is 56.3 Å². The molecule has 7 nitrogen and oxygen atoms in total. The largest absolute Gasteiger partial charge is 0.358 e. The van der Waals surface area contributed by atoms with Crippen LogP contribution >= 0.6 is 0 Å². The standard InChI is InChI=1S/C23H31N5O2/c1-21(2,3)22(4,5)13-16(19(29)27-23(14-24)11-12-23)25-18-15-9-7-8-10-17(15)28(6)20(30)26-18/h7-10,16H,11-13H2,1-6H3,(H,27,29)(H,25,26,30). The number of carbonyl (C=O) groups excluding carboxylic acids is 1. The van der Waals surface area contributed by atoms with Crippen LogP contribution in [0.1, 0.15) is 53.9 Å². The number of fused-ring (bicyclic) bond motifs is 1. The van der Waals surface area contributed by atoms with Crippen LogP contribution in [-0.4, -0.2) is 27.0 Å². The lowest BCUT2D eigenvalue weighted by Crippen LogP contribution is -2.49. The lowest BCUT2D eigenvalue weighted by Gasteiger charge is -2.41. The molecular formula is C23H31N5O2. The molecule has 3 rings (SSSR count). The van der Waals surface area contributed by atoms with E-state index in [0.717, 1.165) is 10.9 Å². The van der Waals surface area contributed by atoms with Gasteiger partial charge in [0, 0.05) is 12.4 Å². The molecule has 2 N–H and O–H groups in total. The van der Waals surface area contributed by atoms with Gasteiger partial charge in [0.1, 0.15) is 17.4 Å². The van der Waals surface area contributed by atoms with Gasteiger partial charge in [-0.1, -0.05) is 46.8 Å². The van der Waals surface area contributed by atoms with Crippen molar-refractivity contribution in [1.82, 2.24) is 14.9 Å². The highest BCUT2D eigenvalue weighted by Gasteiger charge is 2.46. The lowest BCUT2D eigenvalue weighted by molar-refractivity contribution is -0.123. The minimum Gasteiger partial charge on any atom is -0.358 e. The van der Waals surface area contributed by atoms with Crippen molar-refractivity contribution < 1.29 is 4.79 Å². The van der Waals surface area contributed by atoms with Crippen LogP contribution in [0.2, 0.25) is 0 Å². The zero-order chi connectivity index (χ0) is 22.3. The SMILES string of the molecule is Cn1c(=O)nc(NC(CC(C)(C)C(C)(C)C)C(=O)NC2(C#N)CC2)c2ccccc21. The fourth-order valence-electron chi connectivity index (χ4n) is 3.31. The molecule has 160 valence electrons. The van der Waals surface area contributed by atoms with Crippen LogP contribution in [0.5, 0.6) is 0 Å². The highest BCUT2D eigenvalue weighted by molar-refractivity contribution is 5.92. The van der Waals surface area contributed by atoms with Gasteiger partial charge in [0.15, 0.2) is 0 Å². The van der Waals surface area contributed by atoms with E-state index in [1.165, 1.54) is 4.57 Å². The van der Waals surface area contributed by atoms with E-state index in [1.807, 2.05) is 24.3 Å². The molecule has 0 saturated heterocycles. The number of para-hydroxylation sites is 1. The molecule has 2 aromatic rings. The van der Waals surface area contributed by atoms with Crippen LogP contribution in [0.3, 0.4) is 0 Å². The van der Waals surface area contributed by atoms with E-state index in [9.17, 15) is 14.9 Å². The first-order valence-corrected chi connectivity index (χ1v) is 10.3. The third-order valence-electron chi connectivity index (χ3n) is 6.71. The maximum atomic E-state index is 13.2. The fourth-order valence-corrected chi connectivity index (χ4v) is 3.31. The van der Waals surface area contributed by atoms with Crippen molar-refractivity contribution >= 4 is 22.6 Å². The van der Waals surface area contributed by atoms with Crippen LogP contribution < -0.4 is 16.3 Å². The third-order valence-corrected chi connectivity index (χ3v) is 6.71. The molecule has 1 amide bonds. The minimum atomic E-state index is -0.759. The van der Waals surface area contributed by atoms with Crippen LogP contribution in [0.25, 0.3) is 10.9 Å². The third kappa shape index (κ3) is 4.18. The molecular weight excluding hydrogens is 378 g/mol. The van der Waals surface area contributed by atoms with Gasteiger partial charge in [-0.2, -0.15) is 10.2 Å². The van der Waals surface area contributed by atoms with Crippen molar-refractivity contribution in [3.8, 4) is 6.07 Å². The highest BCUT2D eigenvalue weighted by Crippen LogP contribution is 2.42. The van der Waals surface area contributed by atoms with Gasteiger partial charge in [-0.25, -0.2) is 4.79 Å². The van der Waals surface area contributed by atoms with Crippen molar-refractivity contribution in [3.05, 3.63) is 34.7 Å². The molecule has 1 atom stereocenters. The van der Waals surface area contributed by atoms with Gasteiger partial charge in [-0.05, 0) is 42.2 Å².